The van der Waals surface area contributed by atoms with Crippen LogP contribution in [0.4, 0.5) is 0 Å². The zero-order valence-electron chi connectivity index (χ0n) is 13.1. The molecule has 0 aromatic carbocycles. The SMILES string of the molecule is CCCCC(CC)C[P+](=O)CC(CC)CCCC. The van der Waals surface area contributed by atoms with E-state index in [2.05, 4.69) is 27.7 Å². The van der Waals surface area contributed by atoms with Crippen LogP contribution >= 0.6 is 7.80 Å². The average Bonchev–Trinajstić information content (AvgIpc) is 2.39. The summed E-state index contributed by atoms with van der Waals surface area (Å²) in [4.78, 5) is 0. The Morgan fingerprint density at radius 1 is 0.778 bits per heavy atom. The van der Waals surface area contributed by atoms with Gasteiger partial charge in [-0.3, -0.25) is 0 Å². The van der Waals surface area contributed by atoms with E-state index in [0.717, 1.165) is 12.3 Å². The van der Waals surface area contributed by atoms with Crippen molar-refractivity contribution < 1.29 is 4.57 Å². The molecule has 2 heteroatoms. The van der Waals surface area contributed by atoms with Crippen molar-refractivity contribution in [1.82, 2.24) is 0 Å². The summed E-state index contributed by atoms with van der Waals surface area (Å²) in [6, 6.07) is 0. The predicted molar refractivity (Wildman–Crippen MR) is 84.0 cm³/mol. The first-order chi connectivity index (χ1) is 8.67. The van der Waals surface area contributed by atoms with Gasteiger partial charge in [-0.25, -0.2) is 0 Å². The summed E-state index contributed by atoms with van der Waals surface area (Å²) in [6.07, 6.45) is 12.0. The third kappa shape index (κ3) is 9.09. The molecule has 0 spiro atoms. The molecule has 0 saturated carbocycles. The van der Waals surface area contributed by atoms with Gasteiger partial charge in [-0.2, -0.15) is 0 Å². The molecular weight excluding hydrogens is 239 g/mol. The van der Waals surface area contributed by atoms with Gasteiger partial charge in [0.05, 0.1) is 0 Å². The molecular formula is C16H34OP+. The molecule has 0 bridgehead atoms. The minimum absolute atomic E-state index is 0.706. The van der Waals surface area contributed by atoms with Crippen LogP contribution < -0.4 is 0 Å². The highest BCUT2D eigenvalue weighted by molar-refractivity contribution is 7.44. The minimum atomic E-state index is -0.954. The predicted octanol–water partition coefficient (Wildman–Crippen LogP) is 6.25. The Bertz CT molecular complexity index is 183. The molecule has 0 heterocycles. The third-order valence-electron chi connectivity index (χ3n) is 4.01. The highest BCUT2D eigenvalue weighted by Crippen LogP contribution is 2.33. The molecule has 2 unspecified atom stereocenters. The van der Waals surface area contributed by atoms with Gasteiger partial charge in [0.1, 0.15) is 12.3 Å². The fourth-order valence-electron chi connectivity index (χ4n) is 2.49. The molecule has 0 aliphatic carbocycles. The summed E-state index contributed by atoms with van der Waals surface area (Å²) < 4.78 is 12.3. The molecule has 1 nitrogen and oxygen atoms in total. The Hall–Kier alpha value is 0.100. The van der Waals surface area contributed by atoms with Gasteiger partial charge in [0, 0.05) is 11.8 Å². The highest BCUT2D eigenvalue weighted by atomic mass is 31.1. The molecule has 0 fully saturated rings. The second-order valence-electron chi connectivity index (χ2n) is 5.68. The van der Waals surface area contributed by atoms with Crippen LogP contribution in [0.15, 0.2) is 0 Å². The maximum atomic E-state index is 12.3. The average molecular weight is 273 g/mol. The normalized spacial score (nSPS) is 15.4. The summed E-state index contributed by atoms with van der Waals surface area (Å²) in [5, 5.41) is 0. The van der Waals surface area contributed by atoms with Crippen molar-refractivity contribution in [3.63, 3.8) is 0 Å². The quantitative estimate of drug-likeness (QED) is 0.384. The molecule has 0 saturated heterocycles. The van der Waals surface area contributed by atoms with E-state index in [4.69, 9.17) is 0 Å². The molecule has 0 N–H and O–H groups in total. The molecule has 18 heavy (non-hydrogen) atoms. The fraction of sp³-hybridized carbons (Fsp3) is 1.00. The minimum Gasteiger partial charge on any atom is -0.0748 e. The van der Waals surface area contributed by atoms with Crippen molar-refractivity contribution in [2.75, 3.05) is 12.3 Å². The molecule has 0 amide bonds. The van der Waals surface area contributed by atoms with E-state index < -0.39 is 7.80 Å². The van der Waals surface area contributed by atoms with Crippen LogP contribution in [0.25, 0.3) is 0 Å². The molecule has 108 valence electrons. The lowest BCUT2D eigenvalue weighted by atomic mass is 10.0. The lowest BCUT2D eigenvalue weighted by molar-refractivity contribution is 0.470. The summed E-state index contributed by atoms with van der Waals surface area (Å²) in [5.74, 6) is 1.41. The van der Waals surface area contributed by atoms with Crippen LogP contribution in [0, 0.1) is 11.8 Å². The Labute approximate surface area is 116 Å². The zero-order valence-corrected chi connectivity index (χ0v) is 14.0. The van der Waals surface area contributed by atoms with Gasteiger partial charge >= 0.3 is 7.80 Å². The second kappa shape index (κ2) is 12.2. The van der Waals surface area contributed by atoms with E-state index in [9.17, 15) is 4.57 Å². The zero-order chi connectivity index (χ0) is 13.8. The molecule has 0 aliphatic heterocycles. The van der Waals surface area contributed by atoms with Crippen LogP contribution in [0.1, 0.15) is 79.1 Å². The van der Waals surface area contributed by atoms with Crippen LogP contribution in [0.2, 0.25) is 0 Å². The van der Waals surface area contributed by atoms with Gasteiger partial charge in [-0.05, 0) is 25.7 Å². The summed E-state index contributed by atoms with van der Waals surface area (Å²) in [6.45, 7) is 8.98. The second-order valence-corrected chi connectivity index (χ2v) is 7.37. The van der Waals surface area contributed by atoms with E-state index in [0.29, 0.717) is 11.8 Å². The van der Waals surface area contributed by atoms with Crippen molar-refractivity contribution >= 4 is 7.80 Å². The van der Waals surface area contributed by atoms with Crippen molar-refractivity contribution in [3.8, 4) is 0 Å². The Kier molecular flexibility index (Phi) is 12.2. The van der Waals surface area contributed by atoms with E-state index in [1.165, 1.54) is 51.4 Å². The first-order valence-corrected chi connectivity index (χ1v) is 9.72. The van der Waals surface area contributed by atoms with Crippen molar-refractivity contribution in [2.45, 2.75) is 79.1 Å². The van der Waals surface area contributed by atoms with E-state index in [-0.39, 0.29) is 0 Å². The Morgan fingerprint density at radius 3 is 1.44 bits per heavy atom. The topological polar surface area (TPSA) is 17.1 Å². The van der Waals surface area contributed by atoms with Gasteiger partial charge < -0.3 is 0 Å². The largest absolute Gasteiger partial charge is 0.339 e. The molecule has 0 aliphatic rings. The Balaban J connectivity index is 3.96. The maximum Gasteiger partial charge on any atom is 0.339 e. The maximum absolute atomic E-state index is 12.3. The number of hydrogen-bond donors (Lipinski definition) is 0. The molecule has 0 rings (SSSR count). The smallest absolute Gasteiger partial charge is 0.0748 e. The van der Waals surface area contributed by atoms with Crippen LogP contribution in [-0.4, -0.2) is 12.3 Å². The van der Waals surface area contributed by atoms with Gasteiger partial charge in [-0.15, -0.1) is 0 Å². The highest BCUT2D eigenvalue weighted by Gasteiger charge is 2.25. The molecule has 2 atom stereocenters. The van der Waals surface area contributed by atoms with Crippen molar-refractivity contribution in [1.29, 1.82) is 0 Å². The van der Waals surface area contributed by atoms with Gasteiger partial charge in [0.15, 0.2) is 0 Å². The van der Waals surface area contributed by atoms with Crippen molar-refractivity contribution in [2.24, 2.45) is 11.8 Å². The van der Waals surface area contributed by atoms with Crippen molar-refractivity contribution in [3.05, 3.63) is 0 Å². The van der Waals surface area contributed by atoms with E-state index in [1.54, 1.807) is 0 Å². The Morgan fingerprint density at radius 2 is 1.17 bits per heavy atom. The van der Waals surface area contributed by atoms with Crippen LogP contribution in [-0.2, 0) is 4.57 Å². The molecule has 0 radical (unpaired) electrons. The number of rotatable bonds is 12. The summed E-state index contributed by atoms with van der Waals surface area (Å²) in [7, 11) is -0.954. The lowest BCUT2D eigenvalue weighted by Crippen LogP contribution is -2.07. The van der Waals surface area contributed by atoms with Gasteiger partial charge in [0.2, 0.25) is 0 Å². The van der Waals surface area contributed by atoms with Gasteiger partial charge in [-0.1, -0.05) is 57.9 Å². The van der Waals surface area contributed by atoms with Gasteiger partial charge in [0.25, 0.3) is 0 Å². The fourth-order valence-corrected chi connectivity index (χ4v) is 4.67. The number of hydrogen-bond acceptors (Lipinski definition) is 1. The summed E-state index contributed by atoms with van der Waals surface area (Å²) >= 11 is 0. The van der Waals surface area contributed by atoms with Crippen LogP contribution in [0.5, 0.6) is 0 Å². The molecule has 0 aromatic rings. The van der Waals surface area contributed by atoms with E-state index in [1.807, 2.05) is 0 Å². The third-order valence-corrected chi connectivity index (χ3v) is 5.86. The molecule has 0 aromatic heterocycles. The summed E-state index contributed by atoms with van der Waals surface area (Å²) in [5.41, 5.74) is 0. The monoisotopic (exact) mass is 273 g/mol. The van der Waals surface area contributed by atoms with E-state index >= 15 is 0 Å². The first kappa shape index (κ1) is 18.1. The van der Waals surface area contributed by atoms with Crippen LogP contribution in [0.3, 0.4) is 0 Å². The first-order valence-electron chi connectivity index (χ1n) is 8.09. The standard InChI is InChI=1S/C16H34OP/c1-5-9-11-15(7-3)13-18(17)14-16(8-4)12-10-6-2/h15-16H,5-14H2,1-4H3/q+1. The lowest BCUT2D eigenvalue weighted by Gasteiger charge is -2.11. The number of unbranched alkanes of at least 4 members (excludes halogenated alkanes) is 2.